The largest absolute Gasteiger partial charge is 0.481 e. The summed E-state index contributed by atoms with van der Waals surface area (Å²) in [6.07, 6.45) is 4.87. The fourth-order valence-electron chi connectivity index (χ4n) is 4.21. The van der Waals surface area contributed by atoms with Gasteiger partial charge in [-0.05, 0) is 34.9 Å². The third-order valence-electron chi connectivity index (χ3n) is 6.18. The van der Waals surface area contributed by atoms with Gasteiger partial charge in [0.1, 0.15) is 28.9 Å². The maximum absolute atomic E-state index is 13.2. The first-order valence-corrected chi connectivity index (χ1v) is 15.1. The predicted molar refractivity (Wildman–Crippen MR) is 147 cm³/mol. The van der Waals surface area contributed by atoms with Crippen LogP contribution < -0.4 is 11.1 Å². The quantitative estimate of drug-likeness (QED) is 0.0814. The zero-order valence-corrected chi connectivity index (χ0v) is 23.5. The van der Waals surface area contributed by atoms with Crippen LogP contribution in [0.1, 0.15) is 25.0 Å². The van der Waals surface area contributed by atoms with E-state index in [0.717, 1.165) is 34.4 Å². The maximum atomic E-state index is 13.2. The van der Waals surface area contributed by atoms with Gasteiger partial charge in [-0.15, -0.1) is 28.2 Å². The van der Waals surface area contributed by atoms with Crippen molar-refractivity contribution in [1.82, 2.24) is 35.4 Å². The van der Waals surface area contributed by atoms with E-state index in [-0.39, 0.29) is 52.8 Å². The van der Waals surface area contributed by atoms with Crippen LogP contribution in [0.5, 0.6) is 0 Å². The normalized spacial score (nSPS) is 22.0. The molecule has 1 fully saturated rings. The highest BCUT2D eigenvalue weighted by molar-refractivity contribution is 8.01. The number of β-lactam (4-membered cyclic amide) rings is 1. The summed E-state index contributed by atoms with van der Waals surface area (Å²) >= 11 is 3.56. The lowest BCUT2D eigenvalue weighted by Crippen LogP contribution is -2.71. The van der Waals surface area contributed by atoms with E-state index in [1.54, 1.807) is 5.38 Å². The molecule has 2 aromatic heterocycles. The number of allylic oxidation sites excluding steroid dienone is 1. The van der Waals surface area contributed by atoms with E-state index in [9.17, 15) is 24.3 Å². The molecule has 5 N–H and O–H groups in total. The van der Waals surface area contributed by atoms with Crippen molar-refractivity contribution in [3.05, 3.63) is 34.5 Å². The first-order valence-electron chi connectivity index (χ1n) is 12.2. The van der Waals surface area contributed by atoms with Gasteiger partial charge in [0.2, 0.25) is 5.16 Å². The summed E-state index contributed by atoms with van der Waals surface area (Å²) in [6.45, 7) is 0.0551. The van der Waals surface area contributed by atoms with Gasteiger partial charge in [-0.2, -0.15) is 0 Å². The number of nitrogens with two attached hydrogens (primary N) is 1. The predicted octanol–water partition coefficient (Wildman–Crippen LogP) is 0.157. The molecule has 2 aliphatic heterocycles. The second-order valence-corrected chi connectivity index (χ2v) is 11.8. The Kier molecular flexibility index (Phi) is 8.54. The number of aryl methyl sites for hydroxylation is 1. The first kappa shape index (κ1) is 28.6. The Bertz CT molecular complexity index is 1470. The molecule has 4 heterocycles. The van der Waals surface area contributed by atoms with Gasteiger partial charge in [0.25, 0.3) is 11.8 Å². The SMILES string of the molecule is Nc1nc(/C(=N/OC2C=CCC2)C(=O)NC2C(=O)N3C(C(=O)O)=C(CSc4nnnn4CCC(=O)O)CS[C@H]23)cs1. The Balaban J connectivity index is 1.28. The van der Waals surface area contributed by atoms with Crippen LogP contribution in [0.2, 0.25) is 0 Å². The Hall–Kier alpha value is -3.97. The second kappa shape index (κ2) is 12.3. The van der Waals surface area contributed by atoms with Gasteiger partial charge in [0, 0.05) is 16.9 Å². The van der Waals surface area contributed by atoms with E-state index in [1.807, 2.05) is 12.2 Å². The molecule has 216 valence electrons. The smallest absolute Gasteiger partial charge is 0.352 e. The lowest BCUT2D eigenvalue weighted by atomic mass is 10.0. The number of nitrogens with one attached hydrogen (secondary N) is 1. The number of tetrazole rings is 1. The number of hydrogen-bond acceptors (Lipinski definition) is 14. The Morgan fingerprint density at radius 2 is 2.15 bits per heavy atom. The van der Waals surface area contributed by atoms with Gasteiger partial charge < -0.3 is 26.1 Å². The molecule has 0 saturated carbocycles. The van der Waals surface area contributed by atoms with Crippen molar-refractivity contribution in [3.63, 3.8) is 0 Å². The molecule has 1 saturated heterocycles. The molecule has 1 aliphatic carbocycles. The van der Waals surface area contributed by atoms with Crippen LogP contribution in [0, 0.1) is 0 Å². The van der Waals surface area contributed by atoms with Crippen molar-refractivity contribution < 1.29 is 34.2 Å². The molecule has 0 radical (unpaired) electrons. The van der Waals surface area contributed by atoms with Crippen molar-refractivity contribution in [3.8, 4) is 0 Å². The molecule has 3 aliphatic rings. The summed E-state index contributed by atoms with van der Waals surface area (Å²) < 4.78 is 1.32. The Labute approximate surface area is 244 Å². The monoisotopic (exact) mass is 621 g/mol. The molecule has 2 aromatic rings. The number of carbonyl (C=O) groups is 4. The van der Waals surface area contributed by atoms with Crippen molar-refractivity contribution in [2.75, 3.05) is 17.2 Å². The molecular weight excluding hydrogens is 598 g/mol. The van der Waals surface area contributed by atoms with E-state index in [1.165, 1.54) is 16.4 Å². The minimum atomic E-state index is -1.28. The highest BCUT2D eigenvalue weighted by Gasteiger charge is 2.54. The zero-order chi connectivity index (χ0) is 29.1. The average molecular weight is 622 g/mol. The van der Waals surface area contributed by atoms with Crippen molar-refractivity contribution in [2.45, 2.75) is 48.5 Å². The molecule has 0 aromatic carbocycles. The van der Waals surface area contributed by atoms with Crippen molar-refractivity contribution >= 4 is 69.5 Å². The number of carbonyl (C=O) groups excluding carboxylic acids is 2. The molecule has 16 nitrogen and oxygen atoms in total. The van der Waals surface area contributed by atoms with Gasteiger partial charge in [-0.3, -0.25) is 19.3 Å². The van der Waals surface area contributed by atoms with E-state index in [4.69, 9.17) is 15.7 Å². The number of thiazole rings is 1. The number of carboxylic acids is 2. The molecule has 0 bridgehead atoms. The molecule has 2 amide bonds. The maximum Gasteiger partial charge on any atom is 0.352 e. The number of rotatable bonds is 12. The molecule has 3 atom stereocenters. The summed E-state index contributed by atoms with van der Waals surface area (Å²) in [7, 11) is 0. The lowest BCUT2D eigenvalue weighted by molar-refractivity contribution is -0.150. The van der Waals surface area contributed by atoms with E-state index >= 15 is 0 Å². The van der Waals surface area contributed by atoms with Crippen molar-refractivity contribution in [1.29, 1.82) is 0 Å². The topological polar surface area (TPSA) is 228 Å². The van der Waals surface area contributed by atoms with Gasteiger partial charge >= 0.3 is 11.9 Å². The average Bonchev–Trinajstić information content (AvgIpc) is 3.71. The van der Waals surface area contributed by atoms with Crippen LogP contribution in [0.25, 0.3) is 0 Å². The number of anilines is 1. The third-order valence-corrected chi connectivity index (χ3v) is 9.23. The highest BCUT2D eigenvalue weighted by Crippen LogP contribution is 2.41. The van der Waals surface area contributed by atoms with Gasteiger partial charge in [0.05, 0.1) is 13.0 Å². The van der Waals surface area contributed by atoms with Gasteiger partial charge in [-0.25, -0.2) is 14.5 Å². The van der Waals surface area contributed by atoms with E-state index < -0.39 is 35.2 Å². The number of thioether (sulfide) groups is 2. The second-order valence-electron chi connectivity index (χ2n) is 8.90. The molecule has 5 rings (SSSR count). The lowest BCUT2D eigenvalue weighted by Gasteiger charge is -2.49. The molecular formula is C22H23N9O7S3. The fraction of sp³-hybridized carbons (Fsp3) is 0.409. The van der Waals surface area contributed by atoms with Crippen LogP contribution in [0.15, 0.2) is 39.1 Å². The van der Waals surface area contributed by atoms with Crippen LogP contribution in [0.3, 0.4) is 0 Å². The minimum absolute atomic E-state index is 0.0551. The molecule has 2 unspecified atom stereocenters. The zero-order valence-electron chi connectivity index (χ0n) is 21.1. The number of aliphatic carboxylic acids is 2. The number of aromatic nitrogens is 5. The molecule has 0 spiro atoms. The summed E-state index contributed by atoms with van der Waals surface area (Å²) in [5, 5.41) is 38.2. The highest BCUT2D eigenvalue weighted by atomic mass is 32.2. The number of carboxylic acid groups (broad SMARTS) is 2. The number of amides is 2. The van der Waals surface area contributed by atoms with Crippen molar-refractivity contribution in [2.24, 2.45) is 5.16 Å². The molecule has 41 heavy (non-hydrogen) atoms. The summed E-state index contributed by atoms with van der Waals surface area (Å²) in [5.41, 5.74) is 6.09. The van der Waals surface area contributed by atoms with E-state index in [0.29, 0.717) is 17.2 Å². The number of nitrogens with zero attached hydrogens (tertiary/aromatic N) is 7. The number of fused-ring (bicyclic) bond motifs is 1. The Morgan fingerprint density at radius 3 is 2.83 bits per heavy atom. The number of nitrogen functional groups attached to an aromatic ring is 1. The standard InChI is InChI=1S/C22H23N9O7S3/c23-21-24-12(9-40-21)14(27-38-11-3-1-2-4-11)17(34)25-15-18(35)31-16(20(36)37)10(7-39-19(15)31)8-41-22-26-28-29-30(22)6-5-13(32)33/h1,3,9,11,15,19H,2,4-8H2,(H2,23,24)(H,25,34)(H,32,33)(H,36,37)/b27-14-/t11?,15?,19-/m1/s1. The van der Waals surface area contributed by atoms with Crippen LogP contribution >= 0.6 is 34.9 Å². The fourth-order valence-corrected chi connectivity index (χ4v) is 7.15. The summed E-state index contributed by atoms with van der Waals surface area (Å²) in [6, 6.07) is -0.994. The van der Waals surface area contributed by atoms with Crippen LogP contribution in [0.4, 0.5) is 5.13 Å². The molecule has 19 heteroatoms. The minimum Gasteiger partial charge on any atom is -0.481 e. The Morgan fingerprint density at radius 1 is 1.32 bits per heavy atom. The first-order chi connectivity index (χ1) is 19.7. The summed E-state index contributed by atoms with van der Waals surface area (Å²) in [5.74, 6) is -3.15. The number of oxime groups is 1. The van der Waals surface area contributed by atoms with Crippen LogP contribution in [-0.4, -0.2) is 98.8 Å². The number of hydrogen-bond donors (Lipinski definition) is 4. The van der Waals surface area contributed by atoms with E-state index in [2.05, 4.69) is 31.0 Å². The van der Waals surface area contributed by atoms with Gasteiger partial charge in [-0.1, -0.05) is 23.0 Å². The third kappa shape index (κ3) is 6.20. The van der Waals surface area contributed by atoms with Gasteiger partial charge in [0.15, 0.2) is 10.8 Å². The van der Waals surface area contributed by atoms with Crippen LogP contribution in [-0.2, 0) is 30.6 Å². The summed E-state index contributed by atoms with van der Waals surface area (Å²) in [4.78, 5) is 60.2.